The first-order valence-corrected chi connectivity index (χ1v) is 8.90. The lowest BCUT2D eigenvalue weighted by molar-refractivity contribution is 0.0215. The summed E-state index contributed by atoms with van der Waals surface area (Å²) in [7, 11) is 0. The molecular weight excluding hydrogens is 390 g/mol. The summed E-state index contributed by atoms with van der Waals surface area (Å²) in [4.78, 5) is 15.5. The monoisotopic (exact) mass is 403 g/mol. The van der Waals surface area contributed by atoms with Crippen molar-refractivity contribution in [2.45, 2.75) is 5.60 Å². The van der Waals surface area contributed by atoms with Crippen molar-refractivity contribution in [1.29, 1.82) is 0 Å². The zero-order valence-corrected chi connectivity index (χ0v) is 15.3. The third-order valence-corrected chi connectivity index (χ3v) is 5.08. The van der Waals surface area contributed by atoms with Gasteiger partial charge in [-0.2, -0.15) is 0 Å². The number of fused-ring (bicyclic) bond motifs is 6. The van der Waals surface area contributed by atoms with Gasteiger partial charge in [0.2, 0.25) is 0 Å². The van der Waals surface area contributed by atoms with E-state index < -0.39 is 11.6 Å². The highest BCUT2D eigenvalue weighted by atomic mass is 16.6. The van der Waals surface area contributed by atoms with Gasteiger partial charge in [0.05, 0.1) is 11.1 Å². The minimum absolute atomic E-state index is 0.0371. The van der Waals surface area contributed by atoms with Crippen LogP contribution in [0, 0.1) is 0 Å². The van der Waals surface area contributed by atoms with Crippen molar-refractivity contribution in [1.82, 2.24) is 0 Å². The highest BCUT2D eigenvalue weighted by molar-refractivity contribution is 5.97. The fraction of sp³-hybridized carbons (Fsp3) is 0.0952. The van der Waals surface area contributed by atoms with Crippen LogP contribution in [0.1, 0.15) is 27.0 Å². The molecule has 0 saturated carbocycles. The number of hydrogen-bond donors (Lipinski definition) is 2. The van der Waals surface area contributed by atoms with Crippen molar-refractivity contribution in [3.8, 4) is 28.7 Å². The van der Waals surface area contributed by atoms with Gasteiger partial charge in [0.25, 0.3) is 0 Å². The Hall–Kier alpha value is -4.36. The van der Waals surface area contributed by atoms with Crippen LogP contribution in [0.4, 0.5) is 0 Å². The maximum atomic E-state index is 12.8. The summed E-state index contributed by atoms with van der Waals surface area (Å²) in [6, 6.07) is 14.1. The summed E-state index contributed by atoms with van der Waals surface area (Å²) in [6.45, 7) is -0.347. The summed E-state index contributed by atoms with van der Waals surface area (Å²) in [6.07, 6.45) is 0. The lowest BCUT2D eigenvalue weighted by atomic mass is 9.77. The first kappa shape index (κ1) is 17.7. The third kappa shape index (κ3) is 2.36. The number of ether oxygens (including phenoxy) is 3. The topological polar surface area (TPSA) is 134 Å². The van der Waals surface area contributed by atoms with Crippen LogP contribution in [0.15, 0.2) is 59.7 Å². The molecule has 0 saturated heterocycles. The number of rotatable bonds is 3. The highest BCUT2D eigenvalue weighted by Crippen LogP contribution is 2.59. The van der Waals surface area contributed by atoms with Gasteiger partial charge in [-0.05, 0) is 23.7 Å². The van der Waals surface area contributed by atoms with E-state index in [-0.39, 0.29) is 35.5 Å². The number of aromatic hydroxyl groups is 2. The van der Waals surface area contributed by atoms with Crippen molar-refractivity contribution in [3.63, 3.8) is 0 Å². The Morgan fingerprint density at radius 1 is 1.03 bits per heavy atom. The maximum Gasteiger partial charge on any atom is 0.340 e. The molecule has 3 aromatic rings. The molecule has 2 aliphatic heterocycles. The molecule has 0 fully saturated rings. The summed E-state index contributed by atoms with van der Waals surface area (Å²) in [5, 5.41) is 23.5. The Kier molecular flexibility index (Phi) is 3.74. The molecule has 148 valence electrons. The van der Waals surface area contributed by atoms with Gasteiger partial charge in [-0.1, -0.05) is 23.3 Å². The molecule has 1 unspecified atom stereocenters. The lowest BCUT2D eigenvalue weighted by Gasteiger charge is -2.37. The van der Waals surface area contributed by atoms with Gasteiger partial charge < -0.3 is 24.4 Å². The molecule has 2 heterocycles. The maximum absolute atomic E-state index is 12.8. The molecule has 2 N–H and O–H groups in total. The summed E-state index contributed by atoms with van der Waals surface area (Å²) < 4.78 is 17.5. The molecule has 5 rings (SSSR count). The Labute approximate surface area is 169 Å². The molecule has 0 aromatic heterocycles. The van der Waals surface area contributed by atoms with E-state index in [0.29, 0.717) is 22.3 Å². The number of hydrogen-bond acceptors (Lipinski definition) is 7. The summed E-state index contributed by atoms with van der Waals surface area (Å²) in [5.74, 6) is -0.176. The molecule has 1 atom stereocenters. The van der Waals surface area contributed by atoms with E-state index in [1.54, 1.807) is 30.3 Å². The predicted octanol–water partition coefficient (Wildman–Crippen LogP) is 4.31. The average Bonchev–Trinajstić information content (AvgIpc) is 3.01. The quantitative estimate of drug-likeness (QED) is 0.290. The normalized spacial score (nSPS) is 17.8. The van der Waals surface area contributed by atoms with Gasteiger partial charge >= 0.3 is 5.97 Å². The number of esters is 1. The minimum atomic E-state index is -1.44. The number of phenolic OH excluding ortho intramolecular Hbond substituents is 2. The minimum Gasteiger partial charge on any atom is -0.508 e. The summed E-state index contributed by atoms with van der Waals surface area (Å²) >= 11 is 0. The van der Waals surface area contributed by atoms with Crippen molar-refractivity contribution >= 4 is 5.97 Å². The van der Waals surface area contributed by atoms with Crippen molar-refractivity contribution < 1.29 is 29.2 Å². The number of carbonyl (C=O) groups excluding carboxylic acids is 1. The van der Waals surface area contributed by atoms with Gasteiger partial charge in [0.15, 0.2) is 12.3 Å². The van der Waals surface area contributed by atoms with Crippen LogP contribution in [0.25, 0.3) is 10.4 Å². The molecule has 0 aliphatic carbocycles. The van der Waals surface area contributed by atoms with Gasteiger partial charge in [0, 0.05) is 34.2 Å². The van der Waals surface area contributed by atoms with Crippen molar-refractivity contribution in [2.24, 2.45) is 5.11 Å². The Bertz CT molecular complexity index is 1270. The van der Waals surface area contributed by atoms with Gasteiger partial charge in [-0.15, -0.1) is 0 Å². The smallest absolute Gasteiger partial charge is 0.340 e. The average molecular weight is 403 g/mol. The fourth-order valence-corrected chi connectivity index (χ4v) is 3.98. The SMILES string of the molecule is [N-]=[N+]=NCOc1cc(O)cc2c1C1(OC(=O)c3ccccc31)c1ccc(O)cc1O2. The second kappa shape index (κ2) is 6.33. The van der Waals surface area contributed by atoms with Gasteiger partial charge in [-0.3, -0.25) is 0 Å². The zero-order chi connectivity index (χ0) is 20.9. The molecular formula is C21H13N3O6. The van der Waals surface area contributed by atoms with E-state index in [1.165, 1.54) is 24.3 Å². The van der Waals surface area contributed by atoms with E-state index in [1.807, 2.05) is 0 Å². The Balaban J connectivity index is 1.86. The first-order chi connectivity index (χ1) is 14.5. The van der Waals surface area contributed by atoms with E-state index in [2.05, 4.69) is 10.0 Å². The van der Waals surface area contributed by atoms with Crippen LogP contribution < -0.4 is 9.47 Å². The number of phenols is 2. The van der Waals surface area contributed by atoms with E-state index >= 15 is 0 Å². The van der Waals surface area contributed by atoms with E-state index in [4.69, 9.17) is 19.7 Å². The largest absolute Gasteiger partial charge is 0.508 e. The fourth-order valence-electron chi connectivity index (χ4n) is 3.98. The molecule has 3 aromatic carbocycles. The molecule has 9 heteroatoms. The first-order valence-electron chi connectivity index (χ1n) is 8.90. The molecule has 0 radical (unpaired) electrons. The molecule has 9 nitrogen and oxygen atoms in total. The van der Waals surface area contributed by atoms with E-state index in [9.17, 15) is 15.0 Å². The van der Waals surface area contributed by atoms with Crippen LogP contribution in [0.3, 0.4) is 0 Å². The third-order valence-electron chi connectivity index (χ3n) is 5.08. The van der Waals surface area contributed by atoms with Crippen LogP contribution in [-0.2, 0) is 10.3 Å². The Morgan fingerprint density at radius 3 is 2.67 bits per heavy atom. The predicted molar refractivity (Wildman–Crippen MR) is 103 cm³/mol. The lowest BCUT2D eigenvalue weighted by Crippen LogP contribution is -2.33. The summed E-state index contributed by atoms with van der Waals surface area (Å²) in [5.41, 5.74) is 8.88. The second-order valence-electron chi connectivity index (χ2n) is 6.72. The number of nitrogens with zero attached hydrogens (tertiary/aromatic N) is 3. The Morgan fingerprint density at radius 2 is 1.83 bits per heavy atom. The molecule has 0 amide bonds. The molecule has 1 spiro atoms. The number of benzene rings is 3. The van der Waals surface area contributed by atoms with Crippen LogP contribution >= 0.6 is 0 Å². The van der Waals surface area contributed by atoms with Crippen LogP contribution in [-0.4, -0.2) is 22.9 Å². The van der Waals surface area contributed by atoms with Crippen molar-refractivity contribution in [3.05, 3.63) is 87.3 Å². The van der Waals surface area contributed by atoms with Crippen molar-refractivity contribution in [2.75, 3.05) is 6.73 Å². The standard InChI is InChI=1S/C21H13N3O6/c22-24-23-10-28-17-8-12(26)9-18-19(17)21(15-6-5-11(25)7-16(15)29-18)14-4-2-1-3-13(14)20(27)30-21/h1-9,25-26H,10H2. The molecule has 2 aliphatic rings. The van der Waals surface area contributed by atoms with Gasteiger partial charge in [0.1, 0.15) is 28.7 Å². The zero-order valence-electron chi connectivity index (χ0n) is 15.3. The van der Waals surface area contributed by atoms with Crippen LogP contribution in [0.5, 0.6) is 28.7 Å². The number of azide groups is 1. The number of carbonyl (C=O) groups is 1. The molecule has 30 heavy (non-hydrogen) atoms. The molecule has 0 bridgehead atoms. The van der Waals surface area contributed by atoms with Crippen LogP contribution in [0.2, 0.25) is 0 Å². The van der Waals surface area contributed by atoms with E-state index in [0.717, 1.165) is 0 Å². The highest BCUT2D eigenvalue weighted by Gasteiger charge is 2.55. The second-order valence-corrected chi connectivity index (χ2v) is 6.72. The van der Waals surface area contributed by atoms with Gasteiger partial charge in [-0.25, -0.2) is 4.79 Å².